The molecule has 286 valence electrons. The van der Waals surface area contributed by atoms with Crippen LogP contribution in [0.3, 0.4) is 0 Å². The van der Waals surface area contributed by atoms with E-state index in [1.807, 2.05) is 13.8 Å². The molecule has 2 unspecified atom stereocenters. The molecule has 0 aliphatic heterocycles. The van der Waals surface area contributed by atoms with E-state index in [2.05, 4.69) is 27.7 Å². The Morgan fingerprint density at radius 3 is 1.04 bits per heavy atom. The van der Waals surface area contributed by atoms with Gasteiger partial charge in [0.15, 0.2) is 0 Å². The summed E-state index contributed by atoms with van der Waals surface area (Å²) in [7, 11) is 0. The average molecular weight is 802 g/mol. The molecular formula is C40H74O8Sn. The van der Waals surface area contributed by atoms with Gasteiger partial charge in [0.2, 0.25) is 0 Å². The molecule has 9 heteroatoms. The van der Waals surface area contributed by atoms with Crippen LogP contribution < -0.4 is 0 Å². The van der Waals surface area contributed by atoms with Gasteiger partial charge in [-0.25, -0.2) is 19.2 Å². The summed E-state index contributed by atoms with van der Waals surface area (Å²) in [6, 6.07) is 0. The Morgan fingerprint density at radius 1 is 0.469 bits per heavy atom. The van der Waals surface area contributed by atoms with Crippen molar-refractivity contribution in [2.45, 2.75) is 192 Å². The molecule has 8 nitrogen and oxygen atoms in total. The molecule has 0 saturated carbocycles. The van der Waals surface area contributed by atoms with E-state index in [0.29, 0.717) is 12.8 Å². The van der Waals surface area contributed by atoms with E-state index in [0.717, 1.165) is 63.5 Å². The van der Waals surface area contributed by atoms with Gasteiger partial charge in [-0.1, -0.05) is 79.1 Å². The first-order chi connectivity index (χ1) is 23.4. The molecule has 0 bridgehead atoms. The average Bonchev–Trinajstić information content (AvgIpc) is 3.06. The van der Waals surface area contributed by atoms with Crippen LogP contribution in [0.1, 0.15) is 183 Å². The quantitative estimate of drug-likeness (QED) is 0.0319. The van der Waals surface area contributed by atoms with Gasteiger partial charge in [0.1, 0.15) is 0 Å². The van der Waals surface area contributed by atoms with Crippen molar-refractivity contribution in [1.82, 2.24) is 0 Å². The summed E-state index contributed by atoms with van der Waals surface area (Å²) in [6.07, 6.45) is 28.0. The molecule has 0 aliphatic carbocycles. The van der Waals surface area contributed by atoms with Gasteiger partial charge in [0.05, 0.1) is 0 Å². The van der Waals surface area contributed by atoms with Crippen molar-refractivity contribution in [2.75, 3.05) is 0 Å². The third kappa shape index (κ3) is 38.8. The van der Waals surface area contributed by atoms with Crippen LogP contribution in [-0.4, -0.2) is 65.4 Å². The minimum absolute atomic E-state index is 0.00421. The molecule has 0 aliphatic rings. The molecule has 0 aromatic rings. The number of aliphatic carboxylic acids is 4. The summed E-state index contributed by atoms with van der Waals surface area (Å²) in [6.45, 7) is 12.8. The second kappa shape index (κ2) is 39.0. The second-order valence-corrected chi connectivity index (χ2v) is 17.4. The number of hydrogen-bond donors (Lipinski definition) is 4. The van der Waals surface area contributed by atoms with Crippen LogP contribution in [0.4, 0.5) is 0 Å². The van der Waals surface area contributed by atoms with Crippen LogP contribution in [-0.2, 0) is 19.2 Å². The van der Waals surface area contributed by atoms with Crippen molar-refractivity contribution >= 4 is 45.0 Å². The fourth-order valence-corrected chi connectivity index (χ4v) is 8.98. The van der Waals surface area contributed by atoms with E-state index in [1.54, 1.807) is 21.7 Å². The predicted octanol–water partition coefficient (Wildman–Crippen LogP) is 11.6. The van der Waals surface area contributed by atoms with Crippen LogP contribution in [0.25, 0.3) is 0 Å². The van der Waals surface area contributed by atoms with Gasteiger partial charge in [0, 0.05) is 23.3 Å². The third-order valence-corrected chi connectivity index (χ3v) is 12.7. The molecular weight excluding hydrogens is 727 g/mol. The maximum absolute atomic E-state index is 10.8. The molecule has 0 aromatic heterocycles. The van der Waals surface area contributed by atoms with Gasteiger partial charge in [0.25, 0.3) is 0 Å². The Kier molecular flexibility index (Phi) is 41.0. The number of carboxylic acid groups (broad SMARTS) is 4. The van der Waals surface area contributed by atoms with Gasteiger partial charge in [-0.3, -0.25) is 0 Å². The number of carboxylic acids is 4. The Morgan fingerprint density at radius 2 is 0.776 bits per heavy atom. The van der Waals surface area contributed by atoms with E-state index in [-0.39, 0.29) is 44.1 Å². The van der Waals surface area contributed by atoms with E-state index in [1.165, 1.54) is 64.2 Å². The molecule has 0 spiro atoms. The van der Waals surface area contributed by atoms with E-state index in [4.69, 9.17) is 20.4 Å². The number of unbranched alkanes of at least 4 members (excludes halogenated alkanes) is 12. The third-order valence-electron chi connectivity index (χ3n) is 8.66. The monoisotopic (exact) mass is 802 g/mol. The predicted molar refractivity (Wildman–Crippen MR) is 205 cm³/mol. The standard InChI is InChI=1S/2C12H20O4.2C8H17.Sn/c2*1-3-5-6-9(4-2)7-10(12(15)16)8-11(13)14;2*1-3-5-7-8-6-4-2;/h2*8-9H,3-7H2,1-2H3,(H,13,14)(H,15,16);2*1,3-8H2,2H3;/b2*10-8-;;;. The molecule has 2 radical (unpaired) electrons. The normalized spacial score (nSPS) is 12.6. The van der Waals surface area contributed by atoms with Crippen LogP contribution >= 0.6 is 0 Å². The molecule has 0 fully saturated rings. The van der Waals surface area contributed by atoms with Crippen LogP contribution in [0, 0.1) is 11.8 Å². The van der Waals surface area contributed by atoms with Crippen LogP contribution in [0.5, 0.6) is 0 Å². The SMILES string of the molecule is CCCCC(CC)C/C(=C/C(=O)O)C(=O)O.CCCCC(CC)C/C(=C/C(=O)O)C(=O)O.CCCCCCC[CH2][Sn][CH2]CCCCCCC. The first-order valence-corrected chi connectivity index (χ1v) is 23.5. The number of rotatable bonds is 30. The summed E-state index contributed by atoms with van der Waals surface area (Å²) in [4.78, 5) is 42.6. The zero-order chi connectivity index (χ0) is 37.7. The summed E-state index contributed by atoms with van der Waals surface area (Å²) in [5, 5.41) is 34.8. The van der Waals surface area contributed by atoms with Crippen molar-refractivity contribution < 1.29 is 39.6 Å². The summed E-state index contributed by atoms with van der Waals surface area (Å²) < 4.78 is 3.31. The topological polar surface area (TPSA) is 149 Å². The maximum atomic E-state index is 10.8. The Bertz CT molecular complexity index is 814. The minimum atomic E-state index is -1.19. The van der Waals surface area contributed by atoms with Crippen molar-refractivity contribution in [1.29, 1.82) is 0 Å². The van der Waals surface area contributed by atoms with Gasteiger partial charge in [-0.15, -0.1) is 0 Å². The van der Waals surface area contributed by atoms with Crippen molar-refractivity contribution in [3.05, 3.63) is 23.3 Å². The van der Waals surface area contributed by atoms with Gasteiger partial charge >= 0.3 is 145 Å². The van der Waals surface area contributed by atoms with E-state index < -0.39 is 23.9 Å². The number of hydrogen-bond acceptors (Lipinski definition) is 4. The second-order valence-electron chi connectivity index (χ2n) is 13.2. The molecule has 0 amide bonds. The Balaban J connectivity index is -0.000000648. The summed E-state index contributed by atoms with van der Waals surface area (Å²) in [5.41, 5.74) is -0.00842. The molecule has 0 heterocycles. The first kappa shape index (κ1) is 51.5. The van der Waals surface area contributed by atoms with Gasteiger partial charge in [-0.2, -0.15) is 0 Å². The molecule has 2 atom stereocenters. The zero-order valence-corrected chi connectivity index (χ0v) is 35.1. The molecule has 0 rings (SSSR count). The van der Waals surface area contributed by atoms with Crippen molar-refractivity contribution in [3.8, 4) is 0 Å². The fraction of sp³-hybridized carbons (Fsp3) is 0.800. The van der Waals surface area contributed by atoms with Crippen LogP contribution in [0.2, 0.25) is 8.87 Å². The van der Waals surface area contributed by atoms with E-state index >= 15 is 0 Å². The molecule has 0 saturated heterocycles. The van der Waals surface area contributed by atoms with Crippen molar-refractivity contribution in [2.24, 2.45) is 11.8 Å². The first-order valence-electron chi connectivity index (χ1n) is 19.5. The molecule has 4 N–H and O–H groups in total. The Hall–Kier alpha value is -1.84. The van der Waals surface area contributed by atoms with E-state index in [9.17, 15) is 19.2 Å². The Labute approximate surface area is 310 Å². The van der Waals surface area contributed by atoms with Gasteiger partial charge in [-0.05, 0) is 24.7 Å². The summed E-state index contributed by atoms with van der Waals surface area (Å²) >= 11 is 0.0736. The van der Waals surface area contributed by atoms with Crippen LogP contribution in [0.15, 0.2) is 23.3 Å². The zero-order valence-electron chi connectivity index (χ0n) is 32.2. The fourth-order valence-electron chi connectivity index (χ4n) is 5.41. The molecule has 0 aromatic carbocycles. The number of carbonyl (C=O) groups is 4. The van der Waals surface area contributed by atoms with Gasteiger partial charge < -0.3 is 20.4 Å². The van der Waals surface area contributed by atoms with Crippen molar-refractivity contribution in [3.63, 3.8) is 0 Å². The summed E-state index contributed by atoms with van der Waals surface area (Å²) in [5.74, 6) is -4.11. The molecule has 49 heavy (non-hydrogen) atoms.